The summed E-state index contributed by atoms with van der Waals surface area (Å²) in [4.78, 5) is 4.46. The second kappa shape index (κ2) is 5.01. The third-order valence-electron chi connectivity index (χ3n) is 2.19. The van der Waals surface area contributed by atoms with E-state index < -0.39 is 0 Å². The molecule has 84 valence electrons. The number of rotatable bonds is 3. The first-order chi connectivity index (χ1) is 7.70. The average molecular weight is 298 g/mol. The first kappa shape index (κ1) is 11.7. The summed E-state index contributed by atoms with van der Waals surface area (Å²) in [6.45, 7) is 4.15. The Hall–Kier alpha value is -0.810. The molecule has 2 heterocycles. The maximum atomic E-state index is 4.20. The molecule has 0 saturated carbocycles. The van der Waals surface area contributed by atoms with E-state index in [0.717, 1.165) is 27.6 Å². The van der Waals surface area contributed by atoms with Crippen LogP contribution in [-0.4, -0.2) is 15.2 Å². The molecular formula is C11H12BrN3S. The zero-order chi connectivity index (χ0) is 11.5. The molecule has 0 amide bonds. The molecule has 0 aromatic carbocycles. The van der Waals surface area contributed by atoms with Gasteiger partial charge in [-0.25, -0.2) is 0 Å². The Morgan fingerprint density at radius 3 is 2.88 bits per heavy atom. The highest BCUT2D eigenvalue weighted by Gasteiger charge is 2.12. The Kier molecular flexibility index (Phi) is 3.66. The van der Waals surface area contributed by atoms with Gasteiger partial charge in [-0.2, -0.15) is 0 Å². The predicted molar refractivity (Wildman–Crippen MR) is 69.8 cm³/mol. The summed E-state index contributed by atoms with van der Waals surface area (Å²) in [5, 5.41) is 10.3. The lowest BCUT2D eigenvalue weighted by molar-refractivity contribution is 0.870. The second-order valence-corrected chi connectivity index (χ2v) is 5.69. The van der Waals surface area contributed by atoms with E-state index in [1.807, 2.05) is 19.3 Å². The number of hydrogen-bond donors (Lipinski definition) is 0. The predicted octanol–water partition coefficient (Wildman–Crippen LogP) is 3.75. The maximum absolute atomic E-state index is 4.20. The molecule has 0 aliphatic heterocycles. The third-order valence-corrected chi connectivity index (χ3v) is 4.66. The summed E-state index contributed by atoms with van der Waals surface area (Å²) >= 11 is 5.20. The van der Waals surface area contributed by atoms with Crippen LogP contribution in [0.25, 0.3) is 10.6 Å². The molecule has 0 aliphatic carbocycles. The van der Waals surface area contributed by atoms with Gasteiger partial charge in [-0.3, -0.25) is 4.98 Å². The molecule has 0 fully saturated rings. The van der Waals surface area contributed by atoms with Crippen molar-refractivity contribution in [3.63, 3.8) is 0 Å². The highest BCUT2D eigenvalue weighted by molar-refractivity contribution is 9.09. The van der Waals surface area contributed by atoms with E-state index in [2.05, 4.69) is 44.1 Å². The number of nitrogens with zero attached hydrogens (tertiary/aromatic N) is 3. The largest absolute Gasteiger partial charge is 0.264 e. The average Bonchev–Trinajstić information content (AvgIpc) is 2.77. The normalized spacial score (nSPS) is 12.7. The van der Waals surface area contributed by atoms with Gasteiger partial charge in [0.15, 0.2) is 0 Å². The van der Waals surface area contributed by atoms with E-state index in [1.165, 1.54) is 0 Å². The van der Waals surface area contributed by atoms with Crippen LogP contribution in [0.5, 0.6) is 0 Å². The fourth-order valence-electron chi connectivity index (χ4n) is 1.32. The minimum atomic E-state index is 0.302. The van der Waals surface area contributed by atoms with E-state index in [9.17, 15) is 0 Å². The molecule has 1 unspecified atom stereocenters. The third kappa shape index (κ3) is 2.47. The van der Waals surface area contributed by atoms with Crippen molar-refractivity contribution in [1.29, 1.82) is 0 Å². The molecule has 0 saturated heterocycles. The molecule has 0 spiro atoms. The van der Waals surface area contributed by atoms with Crippen LogP contribution in [0.4, 0.5) is 0 Å². The number of halogens is 1. The lowest BCUT2D eigenvalue weighted by Crippen LogP contribution is -1.85. The molecule has 16 heavy (non-hydrogen) atoms. The van der Waals surface area contributed by atoms with Crippen molar-refractivity contribution in [2.45, 2.75) is 25.1 Å². The van der Waals surface area contributed by atoms with Gasteiger partial charge in [-0.05, 0) is 25.0 Å². The van der Waals surface area contributed by atoms with Crippen LogP contribution < -0.4 is 0 Å². The van der Waals surface area contributed by atoms with Crippen molar-refractivity contribution in [1.82, 2.24) is 15.2 Å². The number of alkyl halides is 1. The molecular weight excluding hydrogens is 286 g/mol. The summed E-state index contributed by atoms with van der Waals surface area (Å²) < 4.78 is 0. The minimum absolute atomic E-state index is 0.302. The van der Waals surface area contributed by atoms with E-state index in [-0.39, 0.29) is 0 Å². The van der Waals surface area contributed by atoms with E-state index >= 15 is 0 Å². The van der Waals surface area contributed by atoms with Crippen molar-refractivity contribution in [3.05, 3.63) is 29.0 Å². The highest BCUT2D eigenvalue weighted by atomic mass is 79.9. The summed E-state index contributed by atoms with van der Waals surface area (Å²) in [5.41, 5.74) is 2.18. The zero-order valence-corrected chi connectivity index (χ0v) is 11.5. The number of hydrogen-bond acceptors (Lipinski definition) is 4. The van der Waals surface area contributed by atoms with Gasteiger partial charge in [-0.15, -0.1) is 10.2 Å². The van der Waals surface area contributed by atoms with E-state index in [4.69, 9.17) is 0 Å². The minimum Gasteiger partial charge on any atom is -0.264 e. The van der Waals surface area contributed by atoms with Crippen LogP contribution in [0.1, 0.15) is 28.7 Å². The number of aromatic nitrogens is 3. The maximum Gasteiger partial charge on any atom is 0.149 e. The number of aryl methyl sites for hydroxylation is 1. The van der Waals surface area contributed by atoms with Crippen molar-refractivity contribution in [2.24, 2.45) is 0 Å². The first-order valence-corrected chi connectivity index (χ1v) is 6.83. The zero-order valence-electron chi connectivity index (χ0n) is 9.14. The smallest absolute Gasteiger partial charge is 0.149 e. The molecule has 0 bridgehead atoms. The van der Waals surface area contributed by atoms with Crippen LogP contribution in [0, 0.1) is 6.92 Å². The first-order valence-electron chi connectivity index (χ1n) is 5.10. The molecule has 0 N–H and O–H groups in total. The fourth-order valence-corrected chi connectivity index (χ4v) is 2.58. The van der Waals surface area contributed by atoms with Crippen LogP contribution in [0.3, 0.4) is 0 Å². The Morgan fingerprint density at radius 2 is 2.19 bits per heavy atom. The van der Waals surface area contributed by atoms with Crippen molar-refractivity contribution < 1.29 is 0 Å². The molecule has 5 heteroatoms. The lowest BCUT2D eigenvalue weighted by Gasteiger charge is -1.98. The molecule has 1 atom stereocenters. The monoisotopic (exact) mass is 297 g/mol. The van der Waals surface area contributed by atoms with Gasteiger partial charge in [-0.1, -0.05) is 34.2 Å². The van der Waals surface area contributed by atoms with Crippen LogP contribution >= 0.6 is 27.3 Å². The Balaban J connectivity index is 2.31. The molecule has 0 aliphatic rings. The quantitative estimate of drug-likeness (QED) is 0.810. The number of pyridine rings is 1. The van der Waals surface area contributed by atoms with Gasteiger partial charge < -0.3 is 0 Å². The lowest BCUT2D eigenvalue weighted by atomic mass is 10.2. The summed E-state index contributed by atoms with van der Waals surface area (Å²) in [5.74, 6) is 0. The molecule has 2 aromatic heterocycles. The highest BCUT2D eigenvalue weighted by Crippen LogP contribution is 2.32. The molecule has 0 radical (unpaired) electrons. The van der Waals surface area contributed by atoms with Crippen molar-refractivity contribution in [3.8, 4) is 10.6 Å². The van der Waals surface area contributed by atoms with Crippen LogP contribution in [0.2, 0.25) is 0 Å². The van der Waals surface area contributed by atoms with Crippen LogP contribution in [0.15, 0.2) is 18.5 Å². The summed E-state index contributed by atoms with van der Waals surface area (Å²) in [6, 6.07) is 2.08. The van der Waals surface area contributed by atoms with Gasteiger partial charge in [0.05, 0.1) is 4.83 Å². The van der Waals surface area contributed by atoms with Gasteiger partial charge in [0.1, 0.15) is 10.0 Å². The Bertz CT molecular complexity index is 484. The van der Waals surface area contributed by atoms with E-state index in [1.54, 1.807) is 11.3 Å². The standard InChI is InChI=1S/C11H12BrN3S/c1-3-9(12)11-15-14-10(16-11)8-4-7(2)5-13-6-8/h4-6,9H,3H2,1-2H3. The molecule has 2 rings (SSSR count). The second-order valence-electron chi connectivity index (χ2n) is 3.57. The Labute approximate surface area is 107 Å². The summed E-state index contributed by atoms with van der Waals surface area (Å²) in [7, 11) is 0. The van der Waals surface area contributed by atoms with Gasteiger partial charge in [0.25, 0.3) is 0 Å². The fraction of sp³-hybridized carbons (Fsp3) is 0.364. The van der Waals surface area contributed by atoms with Crippen molar-refractivity contribution >= 4 is 27.3 Å². The van der Waals surface area contributed by atoms with Crippen molar-refractivity contribution in [2.75, 3.05) is 0 Å². The SMILES string of the molecule is CCC(Br)c1nnc(-c2cncc(C)c2)s1. The van der Waals surface area contributed by atoms with Crippen LogP contribution in [-0.2, 0) is 0 Å². The van der Waals surface area contributed by atoms with E-state index in [0.29, 0.717) is 4.83 Å². The Morgan fingerprint density at radius 1 is 1.38 bits per heavy atom. The summed E-state index contributed by atoms with van der Waals surface area (Å²) in [6.07, 6.45) is 4.68. The van der Waals surface area contributed by atoms with Gasteiger partial charge in [0.2, 0.25) is 0 Å². The molecule has 2 aromatic rings. The molecule has 3 nitrogen and oxygen atoms in total. The van der Waals surface area contributed by atoms with Gasteiger partial charge >= 0.3 is 0 Å². The topological polar surface area (TPSA) is 38.7 Å². The van der Waals surface area contributed by atoms with Gasteiger partial charge in [0, 0.05) is 18.0 Å².